The van der Waals surface area contributed by atoms with Gasteiger partial charge in [0.25, 0.3) is 0 Å². The first-order valence-electron chi connectivity index (χ1n) is 25.9. The lowest BCUT2D eigenvalue weighted by Crippen LogP contribution is -2.16. The van der Waals surface area contributed by atoms with Crippen LogP contribution >= 0.6 is 0 Å². The number of benzene rings is 14. The largest absolute Gasteiger partial charge is 0.289 e. The van der Waals surface area contributed by atoms with E-state index in [1.54, 1.807) is 0 Å². The van der Waals surface area contributed by atoms with E-state index in [1.165, 1.54) is 109 Å². The van der Waals surface area contributed by atoms with Crippen LogP contribution in [0.3, 0.4) is 0 Å². The van der Waals surface area contributed by atoms with Gasteiger partial charge in [-0.1, -0.05) is 204 Å². The predicted molar refractivity (Wildman–Crippen MR) is 313 cm³/mol. The van der Waals surface area contributed by atoms with E-state index in [0.717, 1.165) is 32.3 Å². The van der Waals surface area contributed by atoms with E-state index in [0.29, 0.717) is 21.5 Å². The Bertz CT molecular complexity index is 4420. The zero-order valence-corrected chi connectivity index (χ0v) is 43.5. The second-order valence-electron chi connectivity index (χ2n) is 25.5. The lowest BCUT2D eigenvalue weighted by Gasteiger charge is -2.30. The minimum Gasteiger partial charge on any atom is -0.289 e. The van der Waals surface area contributed by atoms with E-state index in [1.807, 2.05) is 36.4 Å². The van der Waals surface area contributed by atoms with Crippen molar-refractivity contribution in [2.45, 2.75) is 105 Å². The molecule has 0 N–H and O–H groups in total. The monoisotopic (exact) mass is 930 g/mol. The van der Waals surface area contributed by atoms with Crippen molar-refractivity contribution in [1.29, 1.82) is 0 Å². The Kier molecular flexibility index (Phi) is 8.28. The quantitative estimate of drug-likeness (QED) is 0.128. The normalized spacial score (nSPS) is 13.7. The van der Waals surface area contributed by atoms with Gasteiger partial charge in [0.15, 0.2) is 10.9 Å². The number of fused-ring (bicyclic) bond motifs is 6. The molecule has 0 atom stereocenters. The molecule has 0 aliphatic rings. The Balaban J connectivity index is 1.30. The predicted octanol–water partition coefficient (Wildman–Crippen LogP) is 18.8. The van der Waals surface area contributed by atoms with Gasteiger partial charge in [-0.05, 0) is 175 Å². The molecule has 0 spiro atoms. The Morgan fingerprint density at radius 2 is 0.556 bits per heavy atom. The summed E-state index contributed by atoms with van der Waals surface area (Å²) in [6.07, 6.45) is 0. The molecule has 0 unspecified atom stereocenters. The van der Waals surface area contributed by atoms with Crippen molar-refractivity contribution in [3.05, 3.63) is 176 Å². The highest BCUT2D eigenvalue weighted by atomic mass is 16.1. The van der Waals surface area contributed by atoms with E-state index in [4.69, 9.17) is 0 Å². The lowest BCUT2D eigenvalue weighted by atomic mass is 9.73. The van der Waals surface area contributed by atoms with E-state index in [-0.39, 0.29) is 32.5 Å². The van der Waals surface area contributed by atoms with Crippen molar-refractivity contribution in [3.8, 4) is 22.3 Å². The minimum atomic E-state index is -0.0904. The third kappa shape index (κ3) is 5.62. The van der Waals surface area contributed by atoms with Crippen molar-refractivity contribution < 1.29 is 0 Å². The fraction of sp³-hybridized carbons (Fsp3) is 0.229. The summed E-state index contributed by atoms with van der Waals surface area (Å²) in [7, 11) is 0. The van der Waals surface area contributed by atoms with Crippen molar-refractivity contribution >= 4 is 118 Å². The zero-order valence-electron chi connectivity index (χ0n) is 43.5. The molecule has 0 heterocycles. The molecule has 0 saturated heterocycles. The average molecular weight is 931 g/mol. The molecule has 0 aliphatic carbocycles. The first-order chi connectivity index (χ1) is 34.1. The molecule has 0 radical (unpaired) electrons. The van der Waals surface area contributed by atoms with Gasteiger partial charge in [0.2, 0.25) is 0 Å². The average Bonchev–Trinajstić information content (AvgIpc) is 3.33. The molecule has 14 aromatic rings. The molecule has 14 aromatic carbocycles. The van der Waals surface area contributed by atoms with E-state index in [2.05, 4.69) is 180 Å². The summed E-state index contributed by atoms with van der Waals surface area (Å²) in [4.78, 5) is 31.3. The van der Waals surface area contributed by atoms with Crippen molar-refractivity contribution in [1.82, 2.24) is 0 Å². The molecule has 0 aliphatic heterocycles. The Morgan fingerprint density at radius 3 is 0.903 bits per heavy atom. The van der Waals surface area contributed by atoms with Gasteiger partial charge in [0, 0.05) is 21.5 Å². The van der Waals surface area contributed by atoms with Crippen molar-refractivity contribution in [3.63, 3.8) is 0 Å². The number of hydrogen-bond donors (Lipinski definition) is 0. The Labute approximate surface area is 419 Å². The van der Waals surface area contributed by atoms with Crippen LogP contribution in [-0.2, 0) is 21.7 Å². The molecule has 72 heavy (non-hydrogen) atoms. The van der Waals surface area contributed by atoms with E-state index >= 15 is 9.59 Å². The molecule has 14 rings (SSSR count). The molecule has 0 fully saturated rings. The second kappa shape index (κ2) is 13.7. The summed E-state index contributed by atoms with van der Waals surface area (Å²) in [5, 5.41) is 22.4. The van der Waals surface area contributed by atoms with E-state index in [9.17, 15) is 0 Å². The molecule has 0 bridgehead atoms. The van der Waals surface area contributed by atoms with Crippen LogP contribution in [0.2, 0.25) is 0 Å². The van der Waals surface area contributed by atoms with Gasteiger partial charge in [-0.25, -0.2) is 0 Å². The smallest absolute Gasteiger partial charge is 0.195 e. The first kappa shape index (κ1) is 43.4. The van der Waals surface area contributed by atoms with Crippen LogP contribution < -0.4 is 10.9 Å². The summed E-state index contributed by atoms with van der Waals surface area (Å²) in [6.45, 7) is 27.8. The molecule has 350 valence electrons. The highest BCUT2D eigenvalue weighted by Gasteiger charge is 2.33. The van der Waals surface area contributed by atoms with Gasteiger partial charge in [-0.2, -0.15) is 0 Å². The highest BCUT2D eigenvalue weighted by molar-refractivity contribution is 6.55. The second-order valence-corrected chi connectivity index (χ2v) is 25.5. The maximum Gasteiger partial charge on any atom is 0.195 e. The summed E-state index contributed by atoms with van der Waals surface area (Å²) in [5.74, 6) is 0. The van der Waals surface area contributed by atoms with Crippen LogP contribution in [0, 0.1) is 0 Å². The van der Waals surface area contributed by atoms with Gasteiger partial charge >= 0.3 is 0 Å². The molecule has 0 aromatic heterocycles. The maximum absolute atomic E-state index is 15.6. The summed E-state index contributed by atoms with van der Waals surface area (Å²) >= 11 is 0. The summed E-state index contributed by atoms with van der Waals surface area (Å²) in [6, 6.07) is 49.4. The summed E-state index contributed by atoms with van der Waals surface area (Å²) in [5.41, 5.74) is 9.51. The topological polar surface area (TPSA) is 34.1 Å². The third-order valence-electron chi connectivity index (χ3n) is 16.9. The van der Waals surface area contributed by atoms with Gasteiger partial charge in [-0.3, -0.25) is 9.59 Å². The molecule has 0 saturated carbocycles. The van der Waals surface area contributed by atoms with Crippen LogP contribution in [-0.4, -0.2) is 0 Å². The molecule has 2 nitrogen and oxygen atoms in total. The lowest BCUT2D eigenvalue weighted by molar-refractivity contribution is 0.568. The SMILES string of the molecule is CC(C)(C)c1cc(-c2c3cccc4c5cccc6c(-c7cc(C(C)(C)C)cc(C(C)(C)C)c7)c7ccc8c9c(=O)c%10cc%11ccccc%11cc%10c(=O)c9c9ccc2c2c9c8c7c(c65)c2c34)cc(C(C)(C)C)c1. The van der Waals surface area contributed by atoms with E-state index < -0.39 is 0 Å². The fourth-order valence-electron chi connectivity index (χ4n) is 13.2. The molecule has 2 heteroatoms. The van der Waals surface area contributed by atoms with Gasteiger partial charge in [-0.15, -0.1) is 0 Å². The molecular weight excluding hydrogens is 873 g/mol. The van der Waals surface area contributed by atoms with Crippen molar-refractivity contribution in [2.75, 3.05) is 0 Å². The fourth-order valence-corrected chi connectivity index (χ4v) is 13.2. The molecule has 0 amide bonds. The number of rotatable bonds is 2. The van der Waals surface area contributed by atoms with Gasteiger partial charge in [0.1, 0.15) is 0 Å². The van der Waals surface area contributed by atoms with Crippen LogP contribution in [0.4, 0.5) is 0 Å². The Hall–Kier alpha value is -7.42. The summed E-state index contributed by atoms with van der Waals surface area (Å²) < 4.78 is 0. The van der Waals surface area contributed by atoms with Crippen molar-refractivity contribution in [2.24, 2.45) is 0 Å². The zero-order chi connectivity index (χ0) is 50.0. The maximum atomic E-state index is 15.6. The molecular formula is C70H58O2. The van der Waals surface area contributed by atoms with Crippen LogP contribution in [0.1, 0.15) is 105 Å². The van der Waals surface area contributed by atoms with Crippen LogP contribution in [0.5, 0.6) is 0 Å². The first-order valence-corrected chi connectivity index (χ1v) is 25.9. The Morgan fingerprint density at radius 1 is 0.250 bits per heavy atom. The number of hydrogen-bond acceptors (Lipinski definition) is 2. The standard InChI is InChI=1S/C70H58O2/c1-67(2,3)39-27-37(28-40(33-39)68(4,5)6)53-45-21-15-19-43-44-20-16-22-46-54(38-29-41(69(7,8)9)34-42(30-38)70(10,11)12)48-24-26-50-58-57-49(25-23-47(53)59(57)63(55(43)45)64(56(44)46)60(48)58)61-62(50)66(72)52-32-36-18-14-13-17-35(36)31-51(52)65(61)71/h13-34H,1-12H3. The third-order valence-corrected chi connectivity index (χ3v) is 16.9. The minimum absolute atomic E-state index is 0.0873. The van der Waals surface area contributed by atoms with Crippen LogP contribution in [0.25, 0.3) is 141 Å². The highest BCUT2D eigenvalue weighted by Crippen LogP contribution is 2.58. The van der Waals surface area contributed by atoms with Gasteiger partial charge in [0.05, 0.1) is 0 Å². The van der Waals surface area contributed by atoms with Crippen LogP contribution in [0.15, 0.2) is 143 Å². The van der Waals surface area contributed by atoms with Gasteiger partial charge < -0.3 is 0 Å².